The van der Waals surface area contributed by atoms with Crippen molar-refractivity contribution in [2.75, 3.05) is 0 Å². The molecule has 0 saturated heterocycles. The molecule has 0 spiro atoms. The monoisotopic (exact) mass is 247 g/mol. The van der Waals surface area contributed by atoms with Crippen LogP contribution in [0.2, 0.25) is 0 Å². The van der Waals surface area contributed by atoms with Crippen molar-refractivity contribution in [3.05, 3.63) is 0 Å². The number of alkyl carbamates (subject to hydrolysis) is 1. The quantitative estimate of drug-likeness (QED) is 0.601. The van der Waals surface area contributed by atoms with Crippen LogP contribution in [-0.4, -0.2) is 34.7 Å². The van der Waals surface area contributed by atoms with E-state index >= 15 is 0 Å². The zero-order valence-corrected chi connectivity index (χ0v) is 10.1. The van der Waals surface area contributed by atoms with Gasteiger partial charge in [0.05, 0.1) is 0 Å². The number of amides is 2. The molecular formula is C10H18N2O5. The van der Waals surface area contributed by atoms with Crippen LogP contribution >= 0.6 is 0 Å². The number of nitrogens with one attached hydrogen (secondary N) is 1. The summed E-state index contributed by atoms with van der Waals surface area (Å²) in [5, 5.41) is 11.0. The Morgan fingerprint density at radius 2 is 1.88 bits per heavy atom. The number of ether oxygens (including phenoxy) is 1. The highest BCUT2D eigenvalue weighted by Crippen LogP contribution is 2.07. The average molecular weight is 247 g/mol. The maximum Gasteiger partial charge on any atom is 0.408 e. The first-order valence-electron chi connectivity index (χ1n) is 5.12. The van der Waals surface area contributed by atoms with Crippen LogP contribution in [0.25, 0.3) is 0 Å². The van der Waals surface area contributed by atoms with Crippen LogP contribution in [0.5, 0.6) is 0 Å². The summed E-state index contributed by atoms with van der Waals surface area (Å²) in [6, 6.07) is -1.18. The summed E-state index contributed by atoms with van der Waals surface area (Å²) in [4.78, 5) is 32.6. The second-order valence-electron chi connectivity index (χ2n) is 4.54. The summed E-state index contributed by atoms with van der Waals surface area (Å²) in [5.74, 6) is -1.86. The fourth-order valence-corrected chi connectivity index (χ4v) is 0.994. The van der Waals surface area contributed by atoms with Crippen LogP contribution in [0.3, 0.4) is 0 Å². The van der Waals surface area contributed by atoms with E-state index in [1.165, 1.54) is 0 Å². The number of hydrogen-bond acceptors (Lipinski definition) is 4. The van der Waals surface area contributed by atoms with Gasteiger partial charge in [-0.15, -0.1) is 0 Å². The lowest BCUT2D eigenvalue weighted by Gasteiger charge is -2.21. The maximum atomic E-state index is 11.3. The van der Waals surface area contributed by atoms with Gasteiger partial charge in [0, 0.05) is 6.42 Å². The Balaban J connectivity index is 4.30. The molecule has 2 amide bonds. The minimum atomic E-state index is -1.24. The topological polar surface area (TPSA) is 119 Å². The van der Waals surface area contributed by atoms with Gasteiger partial charge >= 0.3 is 12.1 Å². The SMILES string of the molecule is CC(C)(C)OC(=O)N[C@@H](CCC([15NH2])=O)C(=O)O. The Bertz CT molecular complexity index is 308. The van der Waals surface area contributed by atoms with Crippen molar-refractivity contribution in [2.45, 2.75) is 45.3 Å². The molecule has 0 aromatic heterocycles. The third-order valence-corrected chi connectivity index (χ3v) is 1.67. The van der Waals surface area contributed by atoms with Crippen molar-refractivity contribution in [3.63, 3.8) is 0 Å². The summed E-state index contributed by atoms with van der Waals surface area (Å²) in [5.41, 5.74) is 4.19. The normalized spacial score (nSPS) is 12.6. The van der Waals surface area contributed by atoms with Crippen molar-refractivity contribution >= 4 is 18.0 Å². The van der Waals surface area contributed by atoms with Gasteiger partial charge in [-0.2, -0.15) is 0 Å². The van der Waals surface area contributed by atoms with E-state index in [0.29, 0.717) is 0 Å². The van der Waals surface area contributed by atoms with Crippen LogP contribution in [0.1, 0.15) is 33.6 Å². The van der Waals surface area contributed by atoms with E-state index in [2.05, 4.69) is 5.32 Å². The minimum absolute atomic E-state index is 0.0656. The molecule has 4 N–H and O–H groups in total. The molecule has 17 heavy (non-hydrogen) atoms. The van der Waals surface area contributed by atoms with E-state index in [9.17, 15) is 14.4 Å². The summed E-state index contributed by atoms with van der Waals surface area (Å²) in [6.45, 7) is 4.98. The number of nitrogens with two attached hydrogens (primary N) is 1. The zero-order chi connectivity index (χ0) is 13.6. The van der Waals surface area contributed by atoms with Crippen molar-refractivity contribution in [1.29, 1.82) is 0 Å². The molecule has 1 atom stereocenters. The maximum absolute atomic E-state index is 11.3. The van der Waals surface area contributed by atoms with Crippen LogP contribution in [-0.2, 0) is 14.3 Å². The number of carboxylic acids is 1. The number of carboxylic acid groups (broad SMARTS) is 1. The standard InChI is InChI=1S/C10H18N2O5/c1-10(2,3)17-9(16)12-6(8(14)15)4-5-7(11)13/h6H,4-5H2,1-3H3,(H2,11,13)(H,12,16)(H,14,15)/t6-/m0/s1/i11+1. The third kappa shape index (κ3) is 8.06. The van der Waals surface area contributed by atoms with Crippen molar-refractivity contribution in [1.82, 2.24) is 5.32 Å². The van der Waals surface area contributed by atoms with Crippen molar-refractivity contribution < 1.29 is 24.2 Å². The second kappa shape index (κ2) is 6.07. The predicted molar refractivity (Wildman–Crippen MR) is 59.2 cm³/mol. The van der Waals surface area contributed by atoms with Gasteiger partial charge in [0.1, 0.15) is 11.6 Å². The van der Waals surface area contributed by atoms with E-state index in [0.717, 1.165) is 0 Å². The van der Waals surface area contributed by atoms with Gasteiger partial charge in [-0.1, -0.05) is 0 Å². The Hall–Kier alpha value is -1.79. The first kappa shape index (κ1) is 15.2. The molecule has 0 aromatic carbocycles. The highest BCUT2D eigenvalue weighted by atomic mass is 16.6. The van der Waals surface area contributed by atoms with E-state index in [4.69, 9.17) is 15.6 Å². The smallest absolute Gasteiger partial charge is 0.408 e. The molecule has 0 aromatic rings. The highest BCUT2D eigenvalue weighted by molar-refractivity contribution is 5.81. The zero-order valence-electron chi connectivity index (χ0n) is 10.1. The molecule has 0 aliphatic carbocycles. The van der Waals surface area contributed by atoms with E-state index in [1.807, 2.05) is 0 Å². The largest absolute Gasteiger partial charge is 0.480 e. The van der Waals surface area contributed by atoms with Gasteiger partial charge in [0.2, 0.25) is 5.91 Å². The Kier molecular flexibility index (Phi) is 5.43. The molecule has 0 unspecified atom stereocenters. The molecule has 0 radical (unpaired) electrons. The lowest BCUT2D eigenvalue weighted by Crippen LogP contribution is -2.43. The first-order chi connectivity index (χ1) is 7.61. The van der Waals surface area contributed by atoms with E-state index < -0.39 is 29.6 Å². The average Bonchev–Trinajstić information content (AvgIpc) is 2.08. The fourth-order valence-electron chi connectivity index (χ4n) is 0.994. The van der Waals surface area contributed by atoms with Gasteiger partial charge in [-0.05, 0) is 27.2 Å². The van der Waals surface area contributed by atoms with Crippen molar-refractivity contribution in [2.24, 2.45) is 5.73 Å². The number of carbonyl (C=O) groups is 3. The van der Waals surface area contributed by atoms with Gasteiger partial charge in [0.15, 0.2) is 0 Å². The van der Waals surface area contributed by atoms with Crippen LogP contribution < -0.4 is 11.1 Å². The molecule has 7 nitrogen and oxygen atoms in total. The molecule has 0 heterocycles. The van der Waals surface area contributed by atoms with Crippen LogP contribution in [0.15, 0.2) is 0 Å². The Morgan fingerprint density at radius 3 is 2.24 bits per heavy atom. The number of primary amides is 1. The summed E-state index contributed by atoms with van der Waals surface area (Å²) >= 11 is 0. The van der Waals surface area contributed by atoms with Crippen LogP contribution in [0.4, 0.5) is 4.79 Å². The number of carbonyl (C=O) groups excluding carboxylic acids is 2. The molecule has 0 aliphatic heterocycles. The molecule has 0 fully saturated rings. The molecule has 0 aliphatic rings. The molecule has 98 valence electrons. The fraction of sp³-hybridized carbons (Fsp3) is 0.700. The minimum Gasteiger partial charge on any atom is -0.480 e. The Labute approximate surface area is 99.3 Å². The number of aliphatic carboxylic acids is 1. The lowest BCUT2D eigenvalue weighted by atomic mass is 10.1. The molecule has 0 bridgehead atoms. The lowest BCUT2D eigenvalue weighted by molar-refractivity contribution is -0.139. The Morgan fingerprint density at radius 1 is 1.35 bits per heavy atom. The highest BCUT2D eigenvalue weighted by Gasteiger charge is 2.23. The van der Waals surface area contributed by atoms with E-state index in [-0.39, 0.29) is 12.8 Å². The van der Waals surface area contributed by atoms with E-state index in [1.54, 1.807) is 20.8 Å². The van der Waals surface area contributed by atoms with Crippen LogP contribution in [0, 0.1) is 0 Å². The third-order valence-electron chi connectivity index (χ3n) is 1.67. The molecular weight excluding hydrogens is 229 g/mol. The van der Waals surface area contributed by atoms with Gasteiger partial charge in [0.25, 0.3) is 0 Å². The predicted octanol–water partition coefficient (Wildman–Crippen LogP) is 0.230. The summed E-state index contributed by atoms with van der Waals surface area (Å²) in [7, 11) is 0. The van der Waals surface area contributed by atoms with Crippen molar-refractivity contribution in [3.8, 4) is 0 Å². The molecule has 0 saturated carbocycles. The van der Waals surface area contributed by atoms with Gasteiger partial charge in [-0.3, -0.25) is 4.79 Å². The number of hydrogen-bond donors (Lipinski definition) is 3. The molecule has 7 heteroatoms. The number of rotatable bonds is 5. The summed E-state index contributed by atoms with van der Waals surface area (Å²) in [6.07, 6.45) is -1.02. The first-order valence-corrected chi connectivity index (χ1v) is 5.12. The second-order valence-corrected chi connectivity index (χ2v) is 4.54. The summed E-state index contributed by atoms with van der Waals surface area (Å²) < 4.78 is 4.90. The van der Waals surface area contributed by atoms with Gasteiger partial charge < -0.3 is 20.9 Å². The molecule has 0 rings (SSSR count). The van der Waals surface area contributed by atoms with Gasteiger partial charge in [-0.25, -0.2) is 9.59 Å².